The standard InChI is InChI=1S/C15H22N4O4/c1-15(2,13(21)23-5)9-17-14(22)18-11-8-10(6-7-16-11)12(20)19(3)4/h6-8H,9H2,1-5H3,(H2,16,17,18,22). The Morgan fingerprint density at radius 1 is 1.30 bits per heavy atom. The van der Waals surface area contributed by atoms with Crippen LogP contribution >= 0.6 is 0 Å². The number of carbonyl (C=O) groups is 3. The van der Waals surface area contributed by atoms with Crippen molar-refractivity contribution in [3.8, 4) is 0 Å². The van der Waals surface area contributed by atoms with Crippen molar-refractivity contribution < 1.29 is 19.1 Å². The van der Waals surface area contributed by atoms with Gasteiger partial charge in [-0.25, -0.2) is 9.78 Å². The lowest BCUT2D eigenvalue weighted by molar-refractivity contribution is -0.150. The first-order valence-corrected chi connectivity index (χ1v) is 6.98. The van der Waals surface area contributed by atoms with Gasteiger partial charge in [0.1, 0.15) is 5.82 Å². The highest BCUT2D eigenvalue weighted by Crippen LogP contribution is 2.15. The fourth-order valence-electron chi connectivity index (χ4n) is 1.70. The molecule has 0 bridgehead atoms. The summed E-state index contributed by atoms with van der Waals surface area (Å²) in [6, 6.07) is 2.52. The molecule has 0 aliphatic rings. The van der Waals surface area contributed by atoms with E-state index in [0.717, 1.165) is 0 Å². The third-order valence-corrected chi connectivity index (χ3v) is 3.08. The normalized spacial score (nSPS) is 10.7. The number of ether oxygens (including phenoxy) is 1. The van der Waals surface area contributed by atoms with Gasteiger partial charge in [-0.3, -0.25) is 14.9 Å². The van der Waals surface area contributed by atoms with Crippen molar-refractivity contribution in [3.05, 3.63) is 23.9 Å². The van der Waals surface area contributed by atoms with Crippen molar-refractivity contribution >= 4 is 23.7 Å². The second-order valence-corrected chi connectivity index (χ2v) is 5.81. The summed E-state index contributed by atoms with van der Waals surface area (Å²) in [5.74, 6) is -0.372. The van der Waals surface area contributed by atoms with Crippen LogP contribution in [0.3, 0.4) is 0 Å². The first kappa shape index (κ1) is 18.4. The Balaban J connectivity index is 2.66. The lowest BCUT2D eigenvalue weighted by Gasteiger charge is -2.21. The van der Waals surface area contributed by atoms with Crippen molar-refractivity contribution in [2.75, 3.05) is 33.1 Å². The van der Waals surface area contributed by atoms with E-state index in [2.05, 4.69) is 20.4 Å². The quantitative estimate of drug-likeness (QED) is 0.791. The number of hydrogen-bond acceptors (Lipinski definition) is 5. The van der Waals surface area contributed by atoms with Gasteiger partial charge in [0.2, 0.25) is 0 Å². The summed E-state index contributed by atoms with van der Waals surface area (Å²) < 4.78 is 4.66. The van der Waals surface area contributed by atoms with Crippen molar-refractivity contribution in [1.82, 2.24) is 15.2 Å². The minimum absolute atomic E-state index is 0.0990. The van der Waals surface area contributed by atoms with Crippen LogP contribution in [0.2, 0.25) is 0 Å². The third-order valence-electron chi connectivity index (χ3n) is 3.08. The molecule has 8 heteroatoms. The molecule has 1 aromatic rings. The maximum absolute atomic E-state index is 11.9. The summed E-state index contributed by atoms with van der Waals surface area (Å²) >= 11 is 0. The van der Waals surface area contributed by atoms with Gasteiger partial charge in [-0.15, -0.1) is 0 Å². The number of methoxy groups -OCH3 is 1. The molecule has 3 amide bonds. The van der Waals surface area contributed by atoms with Crippen LogP contribution in [-0.2, 0) is 9.53 Å². The Bertz CT molecular complexity index is 599. The number of urea groups is 1. The second-order valence-electron chi connectivity index (χ2n) is 5.81. The minimum Gasteiger partial charge on any atom is -0.469 e. The Morgan fingerprint density at radius 3 is 2.52 bits per heavy atom. The Labute approximate surface area is 135 Å². The van der Waals surface area contributed by atoms with Gasteiger partial charge >= 0.3 is 12.0 Å². The van der Waals surface area contributed by atoms with Crippen LogP contribution in [0.15, 0.2) is 18.3 Å². The Hall–Kier alpha value is -2.64. The van der Waals surface area contributed by atoms with E-state index in [1.54, 1.807) is 34.0 Å². The molecule has 0 unspecified atom stereocenters. The van der Waals surface area contributed by atoms with Crippen molar-refractivity contribution in [2.45, 2.75) is 13.8 Å². The Morgan fingerprint density at radius 2 is 1.96 bits per heavy atom. The fourth-order valence-corrected chi connectivity index (χ4v) is 1.70. The molecular formula is C15H22N4O4. The maximum atomic E-state index is 11.9. The second kappa shape index (κ2) is 7.57. The third kappa shape index (κ3) is 5.24. The summed E-state index contributed by atoms with van der Waals surface area (Å²) in [5.41, 5.74) is -0.433. The smallest absolute Gasteiger partial charge is 0.320 e. The molecule has 0 spiro atoms. The average Bonchev–Trinajstić information content (AvgIpc) is 2.51. The maximum Gasteiger partial charge on any atom is 0.320 e. The molecule has 1 aromatic heterocycles. The van der Waals surface area contributed by atoms with E-state index < -0.39 is 17.4 Å². The van der Waals surface area contributed by atoms with Gasteiger partial charge in [0, 0.05) is 32.4 Å². The molecule has 0 aliphatic heterocycles. The van der Waals surface area contributed by atoms with Crippen LogP contribution < -0.4 is 10.6 Å². The van der Waals surface area contributed by atoms with E-state index in [1.807, 2.05) is 0 Å². The molecule has 23 heavy (non-hydrogen) atoms. The molecule has 1 rings (SSSR count). The van der Waals surface area contributed by atoms with Crippen LogP contribution in [0.1, 0.15) is 24.2 Å². The summed E-state index contributed by atoms with van der Waals surface area (Å²) in [6.07, 6.45) is 1.44. The van der Waals surface area contributed by atoms with Crippen molar-refractivity contribution in [1.29, 1.82) is 0 Å². The summed E-state index contributed by atoms with van der Waals surface area (Å²) in [4.78, 5) is 40.7. The zero-order valence-corrected chi connectivity index (χ0v) is 14.0. The molecule has 0 aromatic carbocycles. The largest absolute Gasteiger partial charge is 0.469 e. The number of esters is 1. The zero-order chi connectivity index (χ0) is 17.6. The van der Waals surface area contributed by atoms with Gasteiger partial charge in [0.15, 0.2) is 0 Å². The molecular weight excluding hydrogens is 300 g/mol. The van der Waals surface area contributed by atoms with E-state index in [4.69, 9.17) is 0 Å². The molecule has 0 aliphatic carbocycles. The topological polar surface area (TPSA) is 101 Å². The molecule has 126 valence electrons. The predicted octanol–water partition coefficient (Wildman–Crippen LogP) is 1.10. The van der Waals surface area contributed by atoms with Gasteiger partial charge in [-0.1, -0.05) is 0 Å². The zero-order valence-electron chi connectivity index (χ0n) is 14.0. The number of rotatable bonds is 5. The molecule has 0 radical (unpaired) electrons. The molecule has 8 nitrogen and oxygen atoms in total. The lowest BCUT2D eigenvalue weighted by atomic mass is 9.94. The molecule has 1 heterocycles. The first-order valence-electron chi connectivity index (χ1n) is 6.98. The predicted molar refractivity (Wildman–Crippen MR) is 85.1 cm³/mol. The summed E-state index contributed by atoms with van der Waals surface area (Å²) in [5, 5.41) is 5.09. The SMILES string of the molecule is COC(=O)C(C)(C)CNC(=O)Nc1cc(C(=O)N(C)C)ccn1. The van der Waals surface area contributed by atoms with Crippen molar-refractivity contribution in [3.63, 3.8) is 0 Å². The van der Waals surface area contributed by atoms with E-state index >= 15 is 0 Å². The van der Waals surface area contributed by atoms with Gasteiger partial charge in [0.25, 0.3) is 5.91 Å². The first-order chi connectivity index (χ1) is 10.7. The molecule has 0 saturated heterocycles. The monoisotopic (exact) mass is 322 g/mol. The van der Waals surface area contributed by atoms with Gasteiger partial charge in [0.05, 0.1) is 12.5 Å². The molecule has 2 N–H and O–H groups in total. The Kier molecular flexibility index (Phi) is 6.06. The highest BCUT2D eigenvalue weighted by molar-refractivity contribution is 5.96. The number of aromatic nitrogens is 1. The van der Waals surface area contributed by atoms with E-state index in [9.17, 15) is 14.4 Å². The van der Waals surface area contributed by atoms with Crippen LogP contribution in [-0.4, -0.2) is 55.5 Å². The highest BCUT2D eigenvalue weighted by Gasteiger charge is 2.29. The summed E-state index contributed by atoms with van der Waals surface area (Å²) in [7, 11) is 4.57. The van der Waals surface area contributed by atoms with E-state index in [1.165, 1.54) is 24.3 Å². The number of amides is 3. The average molecular weight is 322 g/mol. The number of hydrogen-bond donors (Lipinski definition) is 2. The van der Waals surface area contributed by atoms with Crippen LogP contribution in [0.5, 0.6) is 0 Å². The highest BCUT2D eigenvalue weighted by atomic mass is 16.5. The van der Waals surface area contributed by atoms with E-state index in [0.29, 0.717) is 5.56 Å². The van der Waals surface area contributed by atoms with Crippen LogP contribution in [0.4, 0.5) is 10.6 Å². The number of nitrogens with one attached hydrogen (secondary N) is 2. The number of anilines is 1. The number of nitrogens with zero attached hydrogens (tertiary/aromatic N) is 2. The van der Waals surface area contributed by atoms with E-state index in [-0.39, 0.29) is 18.3 Å². The van der Waals surface area contributed by atoms with Crippen molar-refractivity contribution in [2.24, 2.45) is 5.41 Å². The van der Waals surface area contributed by atoms with Gasteiger partial charge in [-0.2, -0.15) is 0 Å². The fraction of sp³-hybridized carbons (Fsp3) is 0.467. The van der Waals surface area contributed by atoms with Crippen LogP contribution in [0, 0.1) is 5.41 Å². The van der Waals surface area contributed by atoms with Gasteiger partial charge in [-0.05, 0) is 26.0 Å². The van der Waals surface area contributed by atoms with Crippen LogP contribution in [0.25, 0.3) is 0 Å². The summed E-state index contributed by atoms with van der Waals surface area (Å²) in [6.45, 7) is 3.42. The molecule has 0 fully saturated rings. The minimum atomic E-state index is -0.845. The lowest BCUT2D eigenvalue weighted by Crippen LogP contribution is -2.41. The molecule has 0 atom stereocenters. The number of carbonyl (C=O) groups excluding carboxylic acids is 3. The number of pyridine rings is 1. The molecule has 0 saturated carbocycles. The van der Waals surface area contributed by atoms with Gasteiger partial charge < -0.3 is 15.0 Å².